The number of rotatable bonds is 5. The van der Waals surface area contributed by atoms with Gasteiger partial charge in [-0.05, 0) is 45.4 Å². The Hall–Kier alpha value is -0.570. The van der Waals surface area contributed by atoms with E-state index < -0.39 is 0 Å². The Bertz CT molecular complexity index is 427. The predicted octanol–water partition coefficient (Wildman–Crippen LogP) is 4.59. The largest absolute Gasteiger partial charge is 0.496 e. The van der Waals surface area contributed by atoms with E-state index in [0.717, 1.165) is 23.7 Å². The highest BCUT2D eigenvalue weighted by molar-refractivity contribution is 9.09. The molecule has 0 amide bonds. The van der Waals surface area contributed by atoms with Crippen molar-refractivity contribution in [3.63, 3.8) is 0 Å². The minimum absolute atomic E-state index is 0.642. The average Bonchev–Trinajstić information content (AvgIpc) is 2.92. The van der Waals surface area contributed by atoms with Crippen molar-refractivity contribution in [2.45, 2.75) is 57.2 Å². The fourth-order valence-electron chi connectivity index (χ4n) is 3.15. The van der Waals surface area contributed by atoms with Gasteiger partial charge in [-0.3, -0.25) is 4.98 Å². The summed E-state index contributed by atoms with van der Waals surface area (Å²) in [7, 11) is 1.74. The van der Waals surface area contributed by atoms with E-state index in [1.54, 1.807) is 7.11 Å². The number of methoxy groups -OCH3 is 1. The van der Waals surface area contributed by atoms with Crippen LogP contribution in [0, 0.1) is 19.8 Å². The standard InChI is InChI=1S/C16H24BrNO/c1-11-10-18-15(12(2)16(11)19-3)9-8-14(17)13-6-4-5-7-13/h10,13-14H,4-9H2,1-3H3. The molecule has 0 aliphatic heterocycles. The first-order valence-electron chi connectivity index (χ1n) is 7.26. The molecule has 106 valence electrons. The van der Waals surface area contributed by atoms with E-state index >= 15 is 0 Å². The first kappa shape index (κ1) is 14.8. The van der Waals surface area contributed by atoms with E-state index in [-0.39, 0.29) is 0 Å². The van der Waals surface area contributed by atoms with E-state index in [9.17, 15) is 0 Å². The maximum atomic E-state index is 5.47. The minimum Gasteiger partial charge on any atom is -0.496 e. The fourth-order valence-corrected chi connectivity index (χ4v) is 3.91. The van der Waals surface area contributed by atoms with E-state index in [1.165, 1.54) is 43.4 Å². The summed E-state index contributed by atoms with van der Waals surface area (Å²) in [6, 6.07) is 0. The number of pyridine rings is 1. The molecule has 1 saturated carbocycles. The van der Waals surface area contributed by atoms with Gasteiger partial charge in [-0.2, -0.15) is 0 Å². The number of nitrogens with zero attached hydrogens (tertiary/aromatic N) is 1. The Kier molecular flexibility index (Phi) is 5.26. The molecule has 1 unspecified atom stereocenters. The lowest BCUT2D eigenvalue weighted by atomic mass is 9.98. The molecule has 2 rings (SSSR count). The van der Waals surface area contributed by atoms with Crippen molar-refractivity contribution in [2.75, 3.05) is 7.11 Å². The molecule has 2 nitrogen and oxygen atoms in total. The maximum absolute atomic E-state index is 5.47. The second kappa shape index (κ2) is 6.74. The SMILES string of the molecule is COc1c(C)cnc(CCC(Br)C2CCCC2)c1C. The molecule has 1 fully saturated rings. The molecule has 1 heterocycles. The molecule has 1 aliphatic rings. The van der Waals surface area contributed by atoms with Gasteiger partial charge in [0.05, 0.1) is 7.11 Å². The van der Waals surface area contributed by atoms with Crippen molar-refractivity contribution in [1.29, 1.82) is 0 Å². The molecule has 0 N–H and O–H groups in total. The average molecular weight is 326 g/mol. The lowest BCUT2D eigenvalue weighted by Gasteiger charge is -2.18. The Morgan fingerprint density at radius 1 is 1.37 bits per heavy atom. The van der Waals surface area contributed by atoms with Crippen LogP contribution in [0.4, 0.5) is 0 Å². The molecule has 0 aromatic carbocycles. The second-order valence-corrected chi connectivity index (χ2v) is 6.82. The van der Waals surface area contributed by atoms with E-state index in [2.05, 4.69) is 34.8 Å². The molecule has 0 saturated heterocycles. The van der Waals surface area contributed by atoms with Gasteiger partial charge in [0, 0.05) is 27.8 Å². The van der Waals surface area contributed by atoms with Crippen LogP contribution in [0.1, 0.15) is 48.9 Å². The van der Waals surface area contributed by atoms with Crippen molar-refractivity contribution >= 4 is 15.9 Å². The molecule has 1 aromatic rings. The van der Waals surface area contributed by atoms with Crippen LogP contribution < -0.4 is 4.74 Å². The van der Waals surface area contributed by atoms with Gasteiger partial charge in [-0.1, -0.05) is 28.8 Å². The summed E-state index contributed by atoms with van der Waals surface area (Å²) in [6.45, 7) is 4.17. The summed E-state index contributed by atoms with van der Waals surface area (Å²) in [5, 5.41) is 0. The molecule has 0 spiro atoms. The van der Waals surface area contributed by atoms with Gasteiger partial charge in [0.25, 0.3) is 0 Å². The Morgan fingerprint density at radius 2 is 2.05 bits per heavy atom. The lowest BCUT2D eigenvalue weighted by Crippen LogP contribution is -2.12. The van der Waals surface area contributed by atoms with Crippen LogP contribution in [0.2, 0.25) is 0 Å². The van der Waals surface area contributed by atoms with Crippen molar-refractivity contribution in [1.82, 2.24) is 4.98 Å². The van der Waals surface area contributed by atoms with Crippen molar-refractivity contribution < 1.29 is 4.74 Å². The Balaban J connectivity index is 1.99. The fraction of sp³-hybridized carbons (Fsp3) is 0.688. The Labute approximate surface area is 125 Å². The summed E-state index contributed by atoms with van der Waals surface area (Å²) in [5.41, 5.74) is 3.51. The van der Waals surface area contributed by atoms with Crippen LogP contribution in [0.3, 0.4) is 0 Å². The zero-order valence-corrected chi connectivity index (χ0v) is 13.8. The van der Waals surface area contributed by atoms with E-state index in [1.807, 2.05) is 6.20 Å². The van der Waals surface area contributed by atoms with Crippen LogP contribution in [-0.2, 0) is 6.42 Å². The molecule has 1 aliphatic carbocycles. The third kappa shape index (κ3) is 3.50. The molecule has 19 heavy (non-hydrogen) atoms. The van der Waals surface area contributed by atoms with Gasteiger partial charge in [0.2, 0.25) is 0 Å². The molecule has 0 radical (unpaired) electrons. The summed E-state index contributed by atoms with van der Waals surface area (Å²) in [6.07, 6.45) is 9.73. The molecule has 3 heteroatoms. The van der Waals surface area contributed by atoms with E-state index in [4.69, 9.17) is 4.74 Å². The smallest absolute Gasteiger partial charge is 0.128 e. The van der Waals surface area contributed by atoms with Crippen LogP contribution in [0.25, 0.3) is 0 Å². The zero-order chi connectivity index (χ0) is 13.8. The maximum Gasteiger partial charge on any atom is 0.128 e. The minimum atomic E-state index is 0.642. The van der Waals surface area contributed by atoms with Crippen LogP contribution in [-0.4, -0.2) is 16.9 Å². The van der Waals surface area contributed by atoms with Crippen molar-refractivity contribution in [3.8, 4) is 5.75 Å². The van der Waals surface area contributed by atoms with Gasteiger partial charge < -0.3 is 4.74 Å². The number of hydrogen-bond acceptors (Lipinski definition) is 2. The zero-order valence-electron chi connectivity index (χ0n) is 12.2. The first-order valence-corrected chi connectivity index (χ1v) is 8.18. The summed E-state index contributed by atoms with van der Waals surface area (Å²) in [5.74, 6) is 1.87. The highest BCUT2D eigenvalue weighted by Crippen LogP contribution is 2.34. The van der Waals surface area contributed by atoms with Gasteiger partial charge in [-0.15, -0.1) is 0 Å². The monoisotopic (exact) mass is 325 g/mol. The van der Waals surface area contributed by atoms with Crippen LogP contribution in [0.15, 0.2) is 6.20 Å². The summed E-state index contributed by atoms with van der Waals surface area (Å²) < 4.78 is 5.47. The van der Waals surface area contributed by atoms with Gasteiger partial charge in [0.1, 0.15) is 5.75 Å². The number of ether oxygens (including phenoxy) is 1. The molecule has 1 aromatic heterocycles. The number of hydrogen-bond donors (Lipinski definition) is 0. The summed E-state index contributed by atoms with van der Waals surface area (Å²) >= 11 is 3.88. The number of alkyl halides is 1. The topological polar surface area (TPSA) is 22.1 Å². The van der Waals surface area contributed by atoms with Gasteiger partial charge >= 0.3 is 0 Å². The number of aryl methyl sites for hydroxylation is 2. The van der Waals surface area contributed by atoms with Crippen molar-refractivity contribution in [3.05, 3.63) is 23.0 Å². The highest BCUT2D eigenvalue weighted by atomic mass is 79.9. The highest BCUT2D eigenvalue weighted by Gasteiger charge is 2.23. The second-order valence-electron chi connectivity index (χ2n) is 5.65. The molecular weight excluding hydrogens is 302 g/mol. The number of halogens is 1. The lowest BCUT2D eigenvalue weighted by molar-refractivity contribution is 0.406. The van der Waals surface area contributed by atoms with Gasteiger partial charge in [0.15, 0.2) is 0 Å². The van der Waals surface area contributed by atoms with Crippen LogP contribution >= 0.6 is 15.9 Å². The number of aromatic nitrogens is 1. The molecule has 0 bridgehead atoms. The third-order valence-corrected chi connectivity index (χ3v) is 5.52. The third-order valence-electron chi connectivity index (χ3n) is 4.32. The predicted molar refractivity (Wildman–Crippen MR) is 83.3 cm³/mol. The normalized spacial score (nSPS) is 17.7. The first-order chi connectivity index (χ1) is 9.13. The quantitative estimate of drug-likeness (QED) is 0.738. The van der Waals surface area contributed by atoms with Crippen LogP contribution in [0.5, 0.6) is 5.75 Å². The molecular formula is C16H24BrNO. The van der Waals surface area contributed by atoms with Gasteiger partial charge in [-0.25, -0.2) is 0 Å². The van der Waals surface area contributed by atoms with E-state index in [0.29, 0.717) is 4.83 Å². The van der Waals surface area contributed by atoms with Crippen molar-refractivity contribution in [2.24, 2.45) is 5.92 Å². The Morgan fingerprint density at radius 3 is 2.68 bits per heavy atom. The molecule has 1 atom stereocenters. The summed E-state index contributed by atoms with van der Waals surface area (Å²) in [4.78, 5) is 5.23.